The van der Waals surface area contributed by atoms with Gasteiger partial charge in [0, 0.05) is 0 Å². The number of rotatable bonds is 2. The van der Waals surface area contributed by atoms with Crippen molar-refractivity contribution in [2.75, 3.05) is 12.3 Å². The number of aliphatic hydroxyl groups is 2. The highest BCUT2D eigenvalue weighted by atomic mass is 16.5. The maximum atomic E-state index is 9.79. The summed E-state index contributed by atoms with van der Waals surface area (Å²) in [7, 11) is 0. The van der Waals surface area contributed by atoms with Crippen LogP contribution in [0, 0.1) is 0 Å². The number of nitrogen functional groups attached to an aromatic ring is 1. The van der Waals surface area contributed by atoms with E-state index in [0.717, 1.165) is 0 Å². The van der Waals surface area contributed by atoms with Gasteiger partial charge >= 0.3 is 0 Å². The predicted molar refractivity (Wildman–Crippen MR) is 61.4 cm³/mol. The van der Waals surface area contributed by atoms with E-state index in [0.29, 0.717) is 11.2 Å². The first kappa shape index (κ1) is 10.9. The second kappa shape index (κ2) is 3.93. The van der Waals surface area contributed by atoms with Crippen LogP contribution >= 0.6 is 0 Å². The highest BCUT2D eigenvalue weighted by Crippen LogP contribution is 2.29. The molecule has 0 amide bonds. The van der Waals surface area contributed by atoms with Gasteiger partial charge in [-0.05, 0) is 6.08 Å². The van der Waals surface area contributed by atoms with E-state index >= 15 is 0 Å². The van der Waals surface area contributed by atoms with Crippen molar-refractivity contribution in [3.05, 3.63) is 24.5 Å². The van der Waals surface area contributed by atoms with Crippen molar-refractivity contribution in [1.82, 2.24) is 19.5 Å². The maximum Gasteiger partial charge on any atom is 0.194 e. The largest absolute Gasteiger partial charge is 0.508 e. The highest BCUT2D eigenvalue weighted by Gasteiger charge is 2.29. The third-order valence-corrected chi connectivity index (χ3v) is 2.73. The summed E-state index contributed by atoms with van der Waals surface area (Å²) in [6.07, 6.45) is 2.94. The number of imidazole rings is 1. The fraction of sp³-hybridized carbons (Fsp3) is 0.300. The lowest BCUT2D eigenvalue weighted by atomic mass is 10.3. The molecule has 0 aromatic carbocycles. The summed E-state index contributed by atoms with van der Waals surface area (Å²) in [6.45, 7) is -0.204. The molecule has 8 heteroatoms. The number of hydrogen-bond acceptors (Lipinski definition) is 7. The van der Waals surface area contributed by atoms with Crippen LogP contribution in [-0.2, 0) is 4.74 Å². The molecular weight excluding hydrogens is 238 g/mol. The Bertz CT molecular complexity index is 623. The van der Waals surface area contributed by atoms with Crippen LogP contribution in [0.1, 0.15) is 6.23 Å². The lowest BCUT2D eigenvalue weighted by Gasteiger charge is -2.14. The first-order valence-electron chi connectivity index (χ1n) is 5.30. The molecular formula is C10H11N5O3. The van der Waals surface area contributed by atoms with Crippen LogP contribution in [-0.4, -0.2) is 42.4 Å². The monoisotopic (exact) mass is 249 g/mol. The molecule has 18 heavy (non-hydrogen) atoms. The van der Waals surface area contributed by atoms with Crippen molar-refractivity contribution >= 4 is 17.0 Å². The van der Waals surface area contributed by atoms with Crippen molar-refractivity contribution in [3.8, 4) is 0 Å². The molecule has 0 bridgehead atoms. The SMILES string of the molecule is Nc1ncnc2c1ncn2C1OC(CO)C=C1O. The minimum atomic E-state index is -0.749. The van der Waals surface area contributed by atoms with E-state index in [4.69, 9.17) is 15.6 Å². The lowest BCUT2D eigenvalue weighted by molar-refractivity contribution is -0.0233. The van der Waals surface area contributed by atoms with Crippen LogP contribution in [0.5, 0.6) is 0 Å². The van der Waals surface area contributed by atoms with Gasteiger partial charge in [-0.1, -0.05) is 0 Å². The molecule has 2 aromatic rings. The molecule has 2 aromatic heterocycles. The van der Waals surface area contributed by atoms with Crippen molar-refractivity contribution < 1.29 is 14.9 Å². The zero-order valence-electron chi connectivity index (χ0n) is 9.26. The van der Waals surface area contributed by atoms with Gasteiger partial charge in [-0.2, -0.15) is 0 Å². The molecule has 0 fully saturated rings. The summed E-state index contributed by atoms with van der Waals surface area (Å²) < 4.78 is 6.98. The molecule has 2 atom stereocenters. The Hall–Kier alpha value is -2.19. The van der Waals surface area contributed by atoms with Gasteiger partial charge in [-0.25, -0.2) is 15.0 Å². The van der Waals surface area contributed by atoms with Gasteiger partial charge < -0.3 is 20.7 Å². The topological polar surface area (TPSA) is 119 Å². The van der Waals surface area contributed by atoms with Crippen molar-refractivity contribution in [3.63, 3.8) is 0 Å². The number of anilines is 1. The van der Waals surface area contributed by atoms with Gasteiger partial charge in [0.1, 0.15) is 23.7 Å². The van der Waals surface area contributed by atoms with Gasteiger partial charge in [-0.3, -0.25) is 4.57 Å². The van der Waals surface area contributed by atoms with Crippen LogP contribution in [0.4, 0.5) is 5.82 Å². The molecule has 4 N–H and O–H groups in total. The lowest BCUT2D eigenvalue weighted by Crippen LogP contribution is -2.16. The summed E-state index contributed by atoms with van der Waals surface area (Å²) in [5.41, 5.74) is 6.58. The van der Waals surface area contributed by atoms with E-state index in [1.165, 1.54) is 23.3 Å². The first-order chi connectivity index (χ1) is 8.70. The molecule has 0 saturated carbocycles. The number of nitrogens with zero attached hydrogens (tertiary/aromatic N) is 4. The van der Waals surface area contributed by atoms with Crippen LogP contribution in [0.2, 0.25) is 0 Å². The van der Waals surface area contributed by atoms with Crippen LogP contribution in [0.15, 0.2) is 24.5 Å². The molecule has 1 aliphatic rings. The average molecular weight is 249 g/mol. The van der Waals surface area contributed by atoms with Gasteiger partial charge in [0.2, 0.25) is 0 Å². The first-order valence-corrected chi connectivity index (χ1v) is 5.30. The average Bonchev–Trinajstić information content (AvgIpc) is 2.93. The highest BCUT2D eigenvalue weighted by molar-refractivity contribution is 5.81. The van der Waals surface area contributed by atoms with E-state index in [1.54, 1.807) is 0 Å². The number of fused-ring (bicyclic) bond motifs is 1. The second-order valence-electron chi connectivity index (χ2n) is 3.88. The Kier molecular flexibility index (Phi) is 2.39. The fourth-order valence-electron chi connectivity index (χ4n) is 1.89. The second-order valence-corrected chi connectivity index (χ2v) is 3.88. The minimum Gasteiger partial charge on any atom is -0.508 e. The molecule has 94 valence electrons. The Balaban J connectivity index is 2.06. The Morgan fingerprint density at radius 2 is 2.22 bits per heavy atom. The number of ether oxygens (including phenoxy) is 1. The van der Waals surface area contributed by atoms with Gasteiger partial charge in [0.25, 0.3) is 0 Å². The Morgan fingerprint density at radius 1 is 1.39 bits per heavy atom. The van der Waals surface area contributed by atoms with Crippen LogP contribution < -0.4 is 5.73 Å². The molecule has 8 nitrogen and oxygen atoms in total. The minimum absolute atomic E-state index is 0.00512. The predicted octanol–water partition coefficient (Wildman–Crippen LogP) is -0.260. The van der Waals surface area contributed by atoms with Crippen LogP contribution in [0.25, 0.3) is 11.2 Å². The molecule has 3 rings (SSSR count). The standard InChI is InChI=1S/C10H11N5O3/c11-8-7-9(13-3-12-8)15(4-14-7)10-6(17)1-5(2-16)18-10/h1,3-5,10,16-17H,2H2,(H2,11,12,13). The Labute approximate surface area is 101 Å². The van der Waals surface area contributed by atoms with E-state index in [1.807, 2.05) is 0 Å². The van der Waals surface area contributed by atoms with Crippen molar-refractivity contribution in [2.45, 2.75) is 12.3 Å². The zero-order valence-corrected chi connectivity index (χ0v) is 9.26. The quantitative estimate of drug-likeness (QED) is 0.670. The molecule has 0 radical (unpaired) electrons. The summed E-state index contributed by atoms with van der Waals surface area (Å²) in [6, 6.07) is 0. The smallest absolute Gasteiger partial charge is 0.194 e. The van der Waals surface area contributed by atoms with E-state index < -0.39 is 12.3 Å². The summed E-state index contributed by atoms with van der Waals surface area (Å²) in [4.78, 5) is 12.0. The number of aliphatic hydroxyl groups excluding tert-OH is 2. The third-order valence-electron chi connectivity index (χ3n) is 2.73. The number of aromatic nitrogens is 4. The van der Waals surface area contributed by atoms with E-state index in [2.05, 4.69) is 15.0 Å². The van der Waals surface area contributed by atoms with Crippen molar-refractivity contribution in [1.29, 1.82) is 0 Å². The van der Waals surface area contributed by atoms with Crippen molar-refractivity contribution in [2.24, 2.45) is 0 Å². The van der Waals surface area contributed by atoms with E-state index in [-0.39, 0.29) is 18.2 Å². The third kappa shape index (κ3) is 1.50. The van der Waals surface area contributed by atoms with E-state index in [9.17, 15) is 5.11 Å². The molecule has 1 aliphatic heterocycles. The Morgan fingerprint density at radius 3 is 2.94 bits per heavy atom. The van der Waals surface area contributed by atoms with Crippen LogP contribution in [0.3, 0.4) is 0 Å². The molecule has 0 aliphatic carbocycles. The maximum absolute atomic E-state index is 9.79. The molecule has 2 unspecified atom stereocenters. The summed E-state index contributed by atoms with van der Waals surface area (Å²) >= 11 is 0. The number of nitrogens with two attached hydrogens (primary N) is 1. The normalized spacial score (nSPS) is 23.5. The molecule has 0 spiro atoms. The van der Waals surface area contributed by atoms with Gasteiger partial charge in [0.05, 0.1) is 12.9 Å². The number of hydrogen-bond donors (Lipinski definition) is 3. The van der Waals surface area contributed by atoms with Gasteiger partial charge in [-0.15, -0.1) is 0 Å². The zero-order chi connectivity index (χ0) is 12.7. The van der Waals surface area contributed by atoms with Gasteiger partial charge in [0.15, 0.2) is 17.7 Å². The summed E-state index contributed by atoms with van der Waals surface area (Å²) in [5, 5.41) is 18.8. The molecule has 3 heterocycles. The molecule has 0 saturated heterocycles. The fourth-order valence-corrected chi connectivity index (χ4v) is 1.89. The summed E-state index contributed by atoms with van der Waals surface area (Å²) in [5.74, 6) is 0.268.